The molecular formula is C15H21ClN2O4. The van der Waals surface area contributed by atoms with E-state index in [9.17, 15) is 9.90 Å². The molecule has 0 aliphatic carbocycles. The molecule has 7 heteroatoms. The van der Waals surface area contributed by atoms with Crippen molar-refractivity contribution in [3.63, 3.8) is 0 Å². The maximum Gasteiger partial charge on any atom is 0.325 e. The van der Waals surface area contributed by atoms with Crippen LogP contribution in [-0.4, -0.2) is 55.9 Å². The number of piperazine rings is 1. The Bertz CT molecular complexity index is 553. The number of rotatable bonds is 5. The predicted octanol–water partition coefficient (Wildman–Crippen LogP) is 1.78. The Hall–Kier alpha value is -1.50. The summed E-state index contributed by atoms with van der Waals surface area (Å²) in [5.41, 5.74) is 0.515. The molecule has 122 valence electrons. The molecular weight excluding hydrogens is 308 g/mol. The van der Waals surface area contributed by atoms with Gasteiger partial charge in [0.15, 0.2) is 11.5 Å². The zero-order chi connectivity index (χ0) is 16.3. The SMILES string of the molecule is COc1ccc(C(C(=O)O)N2CCNC(C)C2)c(Cl)c1OC. The van der Waals surface area contributed by atoms with Crippen LogP contribution in [0.1, 0.15) is 18.5 Å². The molecule has 2 atom stereocenters. The second-order valence-corrected chi connectivity index (χ2v) is 5.67. The summed E-state index contributed by atoms with van der Waals surface area (Å²) in [4.78, 5) is 13.7. The summed E-state index contributed by atoms with van der Waals surface area (Å²) in [6.45, 7) is 4.06. The van der Waals surface area contributed by atoms with Crippen LogP contribution in [0.3, 0.4) is 0 Å². The van der Waals surface area contributed by atoms with E-state index in [4.69, 9.17) is 21.1 Å². The van der Waals surface area contributed by atoms with Crippen molar-refractivity contribution in [1.29, 1.82) is 0 Å². The van der Waals surface area contributed by atoms with E-state index in [1.165, 1.54) is 14.2 Å². The number of aliphatic carboxylic acids is 1. The lowest BCUT2D eigenvalue weighted by Gasteiger charge is -2.36. The minimum atomic E-state index is -0.928. The van der Waals surface area contributed by atoms with E-state index < -0.39 is 12.0 Å². The number of hydrogen-bond donors (Lipinski definition) is 2. The van der Waals surface area contributed by atoms with Gasteiger partial charge in [0.1, 0.15) is 6.04 Å². The first-order valence-electron chi connectivity index (χ1n) is 7.10. The number of carbonyl (C=O) groups is 1. The van der Waals surface area contributed by atoms with Crippen LogP contribution in [0.2, 0.25) is 5.02 Å². The van der Waals surface area contributed by atoms with Crippen LogP contribution in [0.4, 0.5) is 0 Å². The van der Waals surface area contributed by atoms with Crippen LogP contribution in [0.5, 0.6) is 11.5 Å². The third kappa shape index (κ3) is 3.29. The fraction of sp³-hybridized carbons (Fsp3) is 0.533. The van der Waals surface area contributed by atoms with Crippen LogP contribution >= 0.6 is 11.6 Å². The Labute approximate surface area is 135 Å². The van der Waals surface area contributed by atoms with E-state index in [-0.39, 0.29) is 11.1 Å². The summed E-state index contributed by atoms with van der Waals surface area (Å²) in [6.07, 6.45) is 0. The van der Waals surface area contributed by atoms with E-state index in [2.05, 4.69) is 5.32 Å². The highest BCUT2D eigenvalue weighted by molar-refractivity contribution is 6.33. The first-order valence-corrected chi connectivity index (χ1v) is 7.48. The number of carboxylic acid groups (broad SMARTS) is 1. The first-order chi connectivity index (χ1) is 10.5. The molecule has 0 aromatic heterocycles. The Kier molecular flexibility index (Phi) is 5.50. The van der Waals surface area contributed by atoms with Crippen LogP contribution in [0.25, 0.3) is 0 Å². The number of ether oxygens (including phenoxy) is 2. The van der Waals surface area contributed by atoms with Gasteiger partial charge < -0.3 is 19.9 Å². The second kappa shape index (κ2) is 7.17. The number of halogens is 1. The average molecular weight is 329 g/mol. The van der Waals surface area contributed by atoms with Crippen LogP contribution in [0.15, 0.2) is 12.1 Å². The van der Waals surface area contributed by atoms with Gasteiger partial charge >= 0.3 is 5.97 Å². The van der Waals surface area contributed by atoms with Crippen LogP contribution in [0, 0.1) is 0 Å². The standard InChI is InChI=1S/C15H21ClN2O4/c1-9-8-18(7-6-17-9)13(15(19)20)10-4-5-11(21-2)14(22-3)12(10)16/h4-5,9,13,17H,6-8H2,1-3H3,(H,19,20). The predicted molar refractivity (Wildman–Crippen MR) is 84.0 cm³/mol. The Morgan fingerprint density at radius 1 is 1.45 bits per heavy atom. The molecule has 2 rings (SSSR count). The van der Waals surface area contributed by atoms with E-state index >= 15 is 0 Å². The van der Waals surface area contributed by atoms with E-state index in [0.717, 1.165) is 6.54 Å². The van der Waals surface area contributed by atoms with E-state index in [1.54, 1.807) is 12.1 Å². The van der Waals surface area contributed by atoms with Crippen molar-refractivity contribution in [2.45, 2.75) is 19.0 Å². The number of carboxylic acids is 1. The number of hydrogen-bond acceptors (Lipinski definition) is 5. The number of nitrogens with one attached hydrogen (secondary N) is 1. The normalized spacial score (nSPS) is 20.5. The Morgan fingerprint density at radius 2 is 2.18 bits per heavy atom. The molecule has 1 saturated heterocycles. The molecule has 0 saturated carbocycles. The smallest absolute Gasteiger partial charge is 0.325 e. The van der Waals surface area contributed by atoms with Gasteiger partial charge in [-0.05, 0) is 13.0 Å². The van der Waals surface area contributed by atoms with Gasteiger partial charge in [-0.25, -0.2) is 0 Å². The van der Waals surface area contributed by atoms with Crippen molar-refractivity contribution in [3.8, 4) is 11.5 Å². The average Bonchev–Trinajstić information content (AvgIpc) is 2.48. The summed E-state index contributed by atoms with van der Waals surface area (Å²) in [6, 6.07) is 2.79. The lowest BCUT2D eigenvalue weighted by atomic mass is 10.0. The second-order valence-electron chi connectivity index (χ2n) is 5.30. The van der Waals surface area contributed by atoms with Gasteiger partial charge in [-0.1, -0.05) is 17.7 Å². The third-order valence-corrected chi connectivity index (χ3v) is 4.20. The fourth-order valence-electron chi connectivity index (χ4n) is 2.80. The summed E-state index contributed by atoms with van der Waals surface area (Å²) >= 11 is 6.38. The molecule has 1 aliphatic heterocycles. The van der Waals surface area contributed by atoms with Gasteiger partial charge in [0.05, 0.1) is 19.2 Å². The molecule has 0 spiro atoms. The highest BCUT2D eigenvalue weighted by atomic mass is 35.5. The Morgan fingerprint density at radius 3 is 2.73 bits per heavy atom. The van der Waals surface area contributed by atoms with Crippen molar-refractivity contribution in [1.82, 2.24) is 10.2 Å². The number of methoxy groups -OCH3 is 2. The summed E-state index contributed by atoms with van der Waals surface area (Å²) in [7, 11) is 3.00. The molecule has 1 heterocycles. The van der Waals surface area contributed by atoms with Gasteiger partial charge in [-0.15, -0.1) is 0 Å². The molecule has 0 radical (unpaired) electrons. The largest absolute Gasteiger partial charge is 0.493 e. The van der Waals surface area contributed by atoms with Crippen molar-refractivity contribution in [3.05, 3.63) is 22.7 Å². The van der Waals surface area contributed by atoms with Gasteiger partial charge in [0.25, 0.3) is 0 Å². The van der Waals surface area contributed by atoms with Gasteiger partial charge in [0, 0.05) is 31.2 Å². The van der Waals surface area contributed by atoms with Crippen molar-refractivity contribution in [2.75, 3.05) is 33.9 Å². The number of nitrogens with zero attached hydrogens (tertiary/aromatic N) is 1. The quantitative estimate of drug-likeness (QED) is 0.858. The summed E-state index contributed by atoms with van der Waals surface area (Å²) in [5.74, 6) is -0.0895. The minimum Gasteiger partial charge on any atom is -0.493 e. The van der Waals surface area contributed by atoms with Crippen LogP contribution < -0.4 is 14.8 Å². The van der Waals surface area contributed by atoms with Crippen LogP contribution in [-0.2, 0) is 4.79 Å². The molecule has 1 aromatic carbocycles. The minimum absolute atomic E-state index is 0.231. The van der Waals surface area contributed by atoms with Crippen molar-refractivity contribution in [2.24, 2.45) is 0 Å². The van der Waals surface area contributed by atoms with Crippen molar-refractivity contribution >= 4 is 17.6 Å². The molecule has 2 unspecified atom stereocenters. The van der Waals surface area contributed by atoms with Crippen molar-refractivity contribution < 1.29 is 19.4 Å². The maximum atomic E-state index is 11.8. The molecule has 0 amide bonds. The number of benzene rings is 1. The topological polar surface area (TPSA) is 71.0 Å². The Balaban J connectivity index is 2.43. The molecule has 1 aliphatic rings. The lowest BCUT2D eigenvalue weighted by Crippen LogP contribution is -2.51. The van der Waals surface area contributed by atoms with E-state index in [0.29, 0.717) is 30.2 Å². The molecule has 2 N–H and O–H groups in total. The lowest BCUT2D eigenvalue weighted by molar-refractivity contribution is -0.144. The van der Waals surface area contributed by atoms with Gasteiger partial charge in [0.2, 0.25) is 0 Å². The monoisotopic (exact) mass is 328 g/mol. The van der Waals surface area contributed by atoms with Gasteiger partial charge in [-0.2, -0.15) is 0 Å². The third-order valence-electron chi connectivity index (χ3n) is 3.81. The molecule has 1 fully saturated rings. The molecule has 0 bridgehead atoms. The zero-order valence-electron chi connectivity index (χ0n) is 12.9. The molecule has 6 nitrogen and oxygen atoms in total. The summed E-state index contributed by atoms with van der Waals surface area (Å²) < 4.78 is 10.5. The highest BCUT2D eigenvalue weighted by Crippen LogP contribution is 2.41. The van der Waals surface area contributed by atoms with Gasteiger partial charge in [-0.3, -0.25) is 9.69 Å². The maximum absolute atomic E-state index is 11.8. The molecule has 1 aromatic rings. The highest BCUT2D eigenvalue weighted by Gasteiger charge is 2.33. The fourth-order valence-corrected chi connectivity index (χ4v) is 3.13. The first kappa shape index (κ1) is 16.9. The summed E-state index contributed by atoms with van der Waals surface area (Å²) in [5, 5.41) is 13.3. The van der Waals surface area contributed by atoms with E-state index in [1.807, 2.05) is 11.8 Å². The zero-order valence-corrected chi connectivity index (χ0v) is 13.7. The molecule has 22 heavy (non-hydrogen) atoms.